The summed E-state index contributed by atoms with van der Waals surface area (Å²) in [4.78, 5) is 13.1. The van der Waals surface area contributed by atoms with Gasteiger partial charge in [0.15, 0.2) is 0 Å². The molecule has 0 amide bonds. The third-order valence-electron chi connectivity index (χ3n) is 3.00. The number of hydrogen-bond acceptors (Lipinski definition) is 3. The molecule has 17 heavy (non-hydrogen) atoms. The maximum atomic E-state index is 10.9. The lowest BCUT2D eigenvalue weighted by Crippen LogP contribution is -2.21. The van der Waals surface area contributed by atoms with E-state index in [0.717, 1.165) is 38.4 Å². The van der Waals surface area contributed by atoms with Crippen LogP contribution in [0.4, 0.5) is 0 Å². The fraction of sp³-hybridized carbons (Fsp3) is 0.462. The molecule has 0 saturated carbocycles. The third-order valence-corrected chi connectivity index (χ3v) is 3.00. The zero-order valence-corrected chi connectivity index (χ0v) is 9.98. The molecule has 4 nitrogen and oxygen atoms in total. The van der Waals surface area contributed by atoms with Gasteiger partial charge in [-0.2, -0.15) is 0 Å². The summed E-state index contributed by atoms with van der Waals surface area (Å²) in [6, 6.07) is 5.37. The average molecular weight is 235 g/mol. The summed E-state index contributed by atoms with van der Waals surface area (Å²) in [5, 5.41) is 8.92. The van der Waals surface area contributed by atoms with Crippen LogP contribution in [0.1, 0.15) is 28.4 Å². The smallest absolute Gasteiger partial charge is 0.335 e. The molecular weight excluding hydrogens is 218 g/mol. The molecule has 1 aliphatic heterocycles. The topological polar surface area (TPSA) is 49.8 Å². The molecule has 0 aromatic heterocycles. The second-order valence-corrected chi connectivity index (χ2v) is 4.20. The molecule has 2 rings (SSSR count). The van der Waals surface area contributed by atoms with Gasteiger partial charge in [-0.3, -0.25) is 4.90 Å². The summed E-state index contributed by atoms with van der Waals surface area (Å²) in [5.41, 5.74) is 2.73. The molecule has 0 atom stereocenters. The highest BCUT2D eigenvalue weighted by Gasteiger charge is 2.19. The number of ether oxygens (including phenoxy) is 1. The first kappa shape index (κ1) is 12.1. The summed E-state index contributed by atoms with van der Waals surface area (Å²) in [5.74, 6) is -0.861. The number of benzene rings is 1. The monoisotopic (exact) mass is 235 g/mol. The Bertz CT molecular complexity index is 417. The fourth-order valence-electron chi connectivity index (χ4n) is 2.09. The highest BCUT2D eigenvalue weighted by molar-refractivity contribution is 5.87. The Morgan fingerprint density at radius 1 is 1.41 bits per heavy atom. The quantitative estimate of drug-likeness (QED) is 0.790. The van der Waals surface area contributed by atoms with E-state index < -0.39 is 5.97 Å². The predicted octanol–water partition coefficient (Wildman–Crippen LogP) is 1.74. The van der Waals surface area contributed by atoms with Crippen LogP contribution in [0, 0.1) is 0 Å². The first-order valence-corrected chi connectivity index (χ1v) is 5.86. The van der Waals surface area contributed by atoms with Crippen LogP contribution in [0.25, 0.3) is 0 Å². The van der Waals surface area contributed by atoms with E-state index in [2.05, 4.69) is 4.90 Å². The van der Waals surface area contributed by atoms with Crippen LogP contribution >= 0.6 is 0 Å². The SMILES string of the molecule is CCOCCN1Cc2ccc(C(=O)O)cc2C1. The van der Waals surface area contributed by atoms with Crippen molar-refractivity contribution in [2.45, 2.75) is 20.0 Å². The molecule has 1 aromatic carbocycles. The molecule has 0 aliphatic carbocycles. The van der Waals surface area contributed by atoms with Crippen LogP contribution in [0.2, 0.25) is 0 Å². The summed E-state index contributed by atoms with van der Waals surface area (Å²) < 4.78 is 5.32. The van der Waals surface area contributed by atoms with Crippen LogP contribution in [-0.2, 0) is 17.8 Å². The molecule has 1 heterocycles. The number of carbonyl (C=O) groups is 1. The summed E-state index contributed by atoms with van der Waals surface area (Å²) >= 11 is 0. The van der Waals surface area contributed by atoms with Gasteiger partial charge in [0.2, 0.25) is 0 Å². The van der Waals surface area contributed by atoms with Gasteiger partial charge in [-0.1, -0.05) is 6.07 Å². The standard InChI is InChI=1S/C13H17NO3/c1-2-17-6-5-14-8-11-4-3-10(13(15)16)7-12(11)9-14/h3-4,7H,2,5-6,8-9H2,1H3,(H,15,16). The molecule has 0 unspecified atom stereocenters. The van der Waals surface area contributed by atoms with E-state index in [9.17, 15) is 4.79 Å². The molecule has 0 radical (unpaired) electrons. The summed E-state index contributed by atoms with van der Waals surface area (Å²) in [6.07, 6.45) is 0. The largest absolute Gasteiger partial charge is 0.478 e. The maximum Gasteiger partial charge on any atom is 0.335 e. The van der Waals surface area contributed by atoms with E-state index in [-0.39, 0.29) is 0 Å². The second-order valence-electron chi connectivity index (χ2n) is 4.20. The molecule has 0 saturated heterocycles. The van der Waals surface area contributed by atoms with Gasteiger partial charge in [0.1, 0.15) is 0 Å². The zero-order chi connectivity index (χ0) is 12.3. The Hall–Kier alpha value is -1.39. The predicted molar refractivity (Wildman–Crippen MR) is 64.0 cm³/mol. The number of carboxylic acid groups (broad SMARTS) is 1. The zero-order valence-electron chi connectivity index (χ0n) is 9.98. The minimum absolute atomic E-state index is 0.371. The van der Waals surface area contributed by atoms with Crippen molar-refractivity contribution >= 4 is 5.97 Å². The van der Waals surface area contributed by atoms with Crippen LogP contribution in [0.5, 0.6) is 0 Å². The number of hydrogen-bond donors (Lipinski definition) is 1. The Morgan fingerprint density at radius 3 is 2.88 bits per heavy atom. The van der Waals surface area contributed by atoms with Crippen LogP contribution in [-0.4, -0.2) is 35.7 Å². The van der Waals surface area contributed by atoms with Crippen molar-refractivity contribution in [1.29, 1.82) is 0 Å². The first-order chi connectivity index (χ1) is 8.20. The lowest BCUT2D eigenvalue weighted by atomic mass is 10.1. The molecule has 4 heteroatoms. The van der Waals surface area contributed by atoms with Crippen molar-refractivity contribution in [1.82, 2.24) is 4.90 Å². The van der Waals surface area contributed by atoms with Crippen molar-refractivity contribution < 1.29 is 14.6 Å². The molecule has 92 valence electrons. The normalized spacial score (nSPS) is 14.9. The van der Waals surface area contributed by atoms with Gasteiger partial charge in [0.25, 0.3) is 0 Å². The highest BCUT2D eigenvalue weighted by Crippen LogP contribution is 2.23. The maximum absolute atomic E-state index is 10.9. The van der Waals surface area contributed by atoms with E-state index in [1.165, 1.54) is 5.56 Å². The van der Waals surface area contributed by atoms with Crippen molar-refractivity contribution in [3.63, 3.8) is 0 Å². The average Bonchev–Trinajstić information content (AvgIpc) is 2.70. The number of fused-ring (bicyclic) bond motifs is 1. The van der Waals surface area contributed by atoms with E-state index in [4.69, 9.17) is 9.84 Å². The van der Waals surface area contributed by atoms with Crippen molar-refractivity contribution in [3.05, 3.63) is 34.9 Å². The lowest BCUT2D eigenvalue weighted by molar-refractivity contribution is 0.0696. The van der Waals surface area contributed by atoms with Crippen molar-refractivity contribution in [3.8, 4) is 0 Å². The minimum atomic E-state index is -0.861. The van der Waals surface area contributed by atoms with E-state index in [0.29, 0.717) is 5.56 Å². The fourth-order valence-corrected chi connectivity index (χ4v) is 2.09. The molecule has 1 aliphatic rings. The molecular formula is C13H17NO3. The Kier molecular flexibility index (Phi) is 3.76. The van der Waals surface area contributed by atoms with Crippen LogP contribution < -0.4 is 0 Å². The van der Waals surface area contributed by atoms with Gasteiger partial charge >= 0.3 is 5.97 Å². The van der Waals surface area contributed by atoms with Gasteiger partial charge in [-0.25, -0.2) is 4.79 Å². The lowest BCUT2D eigenvalue weighted by Gasteiger charge is -2.13. The van der Waals surface area contributed by atoms with E-state index in [1.807, 2.05) is 13.0 Å². The summed E-state index contributed by atoms with van der Waals surface area (Å²) in [7, 11) is 0. The highest BCUT2D eigenvalue weighted by atomic mass is 16.5. The Morgan fingerprint density at radius 2 is 2.18 bits per heavy atom. The van der Waals surface area contributed by atoms with E-state index in [1.54, 1.807) is 12.1 Å². The number of aromatic carboxylic acids is 1. The van der Waals surface area contributed by atoms with Gasteiger partial charge in [0, 0.05) is 26.2 Å². The Balaban J connectivity index is 1.99. The third kappa shape index (κ3) is 2.84. The van der Waals surface area contributed by atoms with Gasteiger partial charge in [-0.05, 0) is 30.2 Å². The number of rotatable bonds is 5. The molecule has 0 bridgehead atoms. The number of nitrogens with zero attached hydrogens (tertiary/aromatic N) is 1. The van der Waals surface area contributed by atoms with Gasteiger partial charge < -0.3 is 9.84 Å². The van der Waals surface area contributed by atoms with Gasteiger partial charge in [0.05, 0.1) is 12.2 Å². The summed E-state index contributed by atoms with van der Waals surface area (Å²) in [6.45, 7) is 6.06. The second kappa shape index (κ2) is 5.29. The Labute approximate surface area is 101 Å². The molecule has 0 spiro atoms. The van der Waals surface area contributed by atoms with Crippen LogP contribution in [0.15, 0.2) is 18.2 Å². The molecule has 1 N–H and O–H groups in total. The molecule has 0 fully saturated rings. The van der Waals surface area contributed by atoms with Gasteiger partial charge in [-0.15, -0.1) is 0 Å². The van der Waals surface area contributed by atoms with Crippen molar-refractivity contribution in [2.75, 3.05) is 19.8 Å². The van der Waals surface area contributed by atoms with Crippen LogP contribution in [0.3, 0.4) is 0 Å². The van der Waals surface area contributed by atoms with Crippen molar-refractivity contribution in [2.24, 2.45) is 0 Å². The molecule has 1 aromatic rings. The number of carboxylic acids is 1. The first-order valence-electron chi connectivity index (χ1n) is 5.86. The van der Waals surface area contributed by atoms with E-state index >= 15 is 0 Å². The minimum Gasteiger partial charge on any atom is -0.478 e.